The number of anilines is 1. The van der Waals surface area contributed by atoms with Crippen LogP contribution in [0.5, 0.6) is 11.5 Å². The Kier molecular flexibility index (Phi) is 4.98. The molecule has 1 unspecified atom stereocenters. The molecule has 0 amide bonds. The predicted octanol–water partition coefficient (Wildman–Crippen LogP) is 4.36. The van der Waals surface area contributed by atoms with Gasteiger partial charge in [0.05, 0.1) is 13.7 Å². The topological polar surface area (TPSA) is 78.3 Å². The monoisotopic (exact) mass is 436 g/mol. The Hall–Kier alpha value is -3.04. The van der Waals surface area contributed by atoms with Crippen molar-refractivity contribution < 1.29 is 27.4 Å². The standard InChI is InChI=1S/C21H23F3N4O3/c1-5-31-14-7-6-11(8-15(14)30-4)17-16-12(9-20(2,3)10-13(16)29)25-19-26-18(21(22,23)24)27-28(17)19/h6-8,17H,5,9-10H2,1-4H3,(H,25,26,27). The highest BCUT2D eigenvalue weighted by Crippen LogP contribution is 2.46. The van der Waals surface area contributed by atoms with Gasteiger partial charge in [-0.2, -0.15) is 18.2 Å². The number of carbonyl (C=O) groups excluding carboxylic acids is 1. The summed E-state index contributed by atoms with van der Waals surface area (Å²) in [5.41, 5.74) is 1.21. The van der Waals surface area contributed by atoms with Crippen LogP contribution in [0.4, 0.5) is 19.1 Å². The number of ether oxygens (including phenoxy) is 2. The predicted molar refractivity (Wildman–Crippen MR) is 106 cm³/mol. The lowest BCUT2D eigenvalue weighted by Crippen LogP contribution is -2.36. The van der Waals surface area contributed by atoms with Crippen molar-refractivity contribution in [2.45, 2.75) is 45.8 Å². The summed E-state index contributed by atoms with van der Waals surface area (Å²) < 4.78 is 52.1. The van der Waals surface area contributed by atoms with E-state index < -0.39 is 18.0 Å². The quantitative estimate of drug-likeness (QED) is 0.767. The molecule has 0 spiro atoms. The SMILES string of the molecule is CCOc1ccc(C2C3=C(CC(C)(C)CC3=O)Nc3nc(C(F)(F)F)nn32)cc1OC. The van der Waals surface area contributed by atoms with Crippen LogP contribution in [0, 0.1) is 5.41 Å². The molecule has 4 rings (SSSR count). The summed E-state index contributed by atoms with van der Waals surface area (Å²) in [6.07, 6.45) is -3.92. The lowest BCUT2D eigenvalue weighted by molar-refractivity contribution is -0.145. The van der Waals surface area contributed by atoms with E-state index in [0.29, 0.717) is 41.4 Å². The van der Waals surface area contributed by atoms with Crippen LogP contribution in [0.1, 0.15) is 51.0 Å². The van der Waals surface area contributed by atoms with Crippen molar-refractivity contribution in [1.29, 1.82) is 0 Å². The summed E-state index contributed by atoms with van der Waals surface area (Å²) >= 11 is 0. The Labute approximate surface area is 177 Å². The van der Waals surface area contributed by atoms with E-state index in [1.54, 1.807) is 18.2 Å². The maximum absolute atomic E-state index is 13.3. The van der Waals surface area contributed by atoms with Gasteiger partial charge in [0.2, 0.25) is 5.95 Å². The lowest BCUT2D eigenvalue weighted by atomic mass is 9.73. The van der Waals surface area contributed by atoms with Gasteiger partial charge in [0.1, 0.15) is 6.04 Å². The molecule has 1 aliphatic heterocycles. The Morgan fingerprint density at radius 1 is 1.26 bits per heavy atom. The first-order valence-corrected chi connectivity index (χ1v) is 9.92. The van der Waals surface area contributed by atoms with E-state index in [0.717, 1.165) is 4.68 Å². The van der Waals surface area contributed by atoms with Gasteiger partial charge in [-0.1, -0.05) is 19.9 Å². The molecule has 1 aliphatic carbocycles. The summed E-state index contributed by atoms with van der Waals surface area (Å²) in [6, 6.07) is 4.19. The molecular formula is C21H23F3N4O3. The number of nitrogens with one attached hydrogen (secondary N) is 1. The molecule has 166 valence electrons. The molecule has 0 radical (unpaired) electrons. The number of ketones is 1. The molecule has 1 atom stereocenters. The van der Waals surface area contributed by atoms with Gasteiger partial charge >= 0.3 is 6.18 Å². The molecule has 0 bridgehead atoms. The zero-order chi connectivity index (χ0) is 22.6. The van der Waals surface area contributed by atoms with E-state index in [1.807, 2.05) is 20.8 Å². The number of allylic oxidation sites excluding steroid dienone is 2. The zero-order valence-electron chi connectivity index (χ0n) is 17.6. The third kappa shape index (κ3) is 3.75. The van der Waals surface area contributed by atoms with Gasteiger partial charge in [-0.05, 0) is 36.5 Å². The fraction of sp³-hybridized carbons (Fsp3) is 0.476. The number of alkyl halides is 3. The van der Waals surface area contributed by atoms with Crippen molar-refractivity contribution in [3.05, 3.63) is 40.9 Å². The van der Waals surface area contributed by atoms with Crippen LogP contribution in [0.2, 0.25) is 0 Å². The Bertz CT molecular complexity index is 1070. The summed E-state index contributed by atoms with van der Waals surface area (Å²) in [4.78, 5) is 16.8. The maximum Gasteiger partial charge on any atom is 0.453 e. The second-order valence-corrected chi connectivity index (χ2v) is 8.41. The van der Waals surface area contributed by atoms with Crippen LogP contribution in [0.25, 0.3) is 0 Å². The molecule has 10 heteroatoms. The minimum Gasteiger partial charge on any atom is -0.493 e. The molecule has 2 heterocycles. The molecule has 1 N–H and O–H groups in total. The molecule has 2 aliphatic rings. The molecule has 0 fully saturated rings. The van der Waals surface area contributed by atoms with Gasteiger partial charge in [-0.25, -0.2) is 4.68 Å². The molecular weight excluding hydrogens is 413 g/mol. The number of methoxy groups -OCH3 is 1. The van der Waals surface area contributed by atoms with Gasteiger partial charge in [0.15, 0.2) is 17.3 Å². The number of carbonyl (C=O) groups is 1. The normalized spacial score (nSPS) is 20.1. The van der Waals surface area contributed by atoms with E-state index in [9.17, 15) is 18.0 Å². The van der Waals surface area contributed by atoms with Crippen molar-refractivity contribution in [2.24, 2.45) is 5.41 Å². The number of Topliss-reactive ketones (excluding diaryl/α,β-unsaturated/α-hetero) is 1. The van der Waals surface area contributed by atoms with Crippen LogP contribution < -0.4 is 14.8 Å². The zero-order valence-corrected chi connectivity index (χ0v) is 17.6. The van der Waals surface area contributed by atoms with E-state index in [2.05, 4.69) is 15.4 Å². The Morgan fingerprint density at radius 2 is 2.00 bits per heavy atom. The van der Waals surface area contributed by atoms with Gasteiger partial charge in [0, 0.05) is 17.7 Å². The van der Waals surface area contributed by atoms with Gasteiger partial charge in [-0.15, -0.1) is 5.10 Å². The average Bonchev–Trinajstić information content (AvgIpc) is 3.10. The van der Waals surface area contributed by atoms with Crippen molar-refractivity contribution in [1.82, 2.24) is 14.8 Å². The fourth-order valence-electron chi connectivity index (χ4n) is 4.17. The number of aromatic nitrogens is 3. The molecule has 1 aromatic heterocycles. The number of benzene rings is 1. The largest absolute Gasteiger partial charge is 0.493 e. The highest BCUT2D eigenvalue weighted by Gasteiger charge is 2.44. The maximum atomic E-state index is 13.3. The van der Waals surface area contributed by atoms with Crippen LogP contribution in [-0.4, -0.2) is 34.3 Å². The second-order valence-electron chi connectivity index (χ2n) is 8.41. The molecule has 1 aromatic carbocycles. The Balaban J connectivity index is 1.90. The van der Waals surface area contributed by atoms with Crippen molar-refractivity contribution in [3.63, 3.8) is 0 Å². The molecule has 2 aromatic rings. The fourth-order valence-corrected chi connectivity index (χ4v) is 4.17. The first-order chi connectivity index (χ1) is 14.5. The molecule has 0 saturated heterocycles. The number of halogens is 3. The highest BCUT2D eigenvalue weighted by molar-refractivity contribution is 6.00. The minimum atomic E-state index is -4.71. The number of nitrogens with zero attached hydrogens (tertiary/aromatic N) is 3. The van der Waals surface area contributed by atoms with Gasteiger partial charge < -0.3 is 14.8 Å². The number of hydrogen-bond acceptors (Lipinski definition) is 6. The summed E-state index contributed by atoms with van der Waals surface area (Å²) in [6.45, 7) is 6.16. The van der Waals surface area contributed by atoms with Crippen LogP contribution >= 0.6 is 0 Å². The van der Waals surface area contributed by atoms with Crippen LogP contribution in [0.15, 0.2) is 29.5 Å². The molecule has 31 heavy (non-hydrogen) atoms. The summed E-state index contributed by atoms with van der Waals surface area (Å²) in [5.74, 6) is -0.519. The van der Waals surface area contributed by atoms with Crippen LogP contribution in [-0.2, 0) is 11.0 Å². The van der Waals surface area contributed by atoms with Gasteiger partial charge in [-0.3, -0.25) is 4.79 Å². The van der Waals surface area contributed by atoms with Crippen molar-refractivity contribution in [2.75, 3.05) is 19.0 Å². The third-order valence-electron chi connectivity index (χ3n) is 5.39. The minimum absolute atomic E-state index is 0.0468. The van der Waals surface area contributed by atoms with E-state index in [1.165, 1.54) is 7.11 Å². The van der Waals surface area contributed by atoms with E-state index in [-0.39, 0.29) is 23.6 Å². The smallest absolute Gasteiger partial charge is 0.453 e. The molecule has 0 saturated carbocycles. The van der Waals surface area contributed by atoms with Crippen molar-refractivity contribution >= 4 is 11.7 Å². The lowest BCUT2D eigenvalue weighted by Gasteiger charge is -2.38. The number of rotatable bonds is 4. The van der Waals surface area contributed by atoms with Crippen molar-refractivity contribution in [3.8, 4) is 11.5 Å². The highest BCUT2D eigenvalue weighted by atomic mass is 19.4. The van der Waals surface area contributed by atoms with E-state index >= 15 is 0 Å². The summed E-state index contributed by atoms with van der Waals surface area (Å²) in [7, 11) is 1.48. The first kappa shape index (κ1) is 21.2. The second kappa shape index (κ2) is 7.28. The average molecular weight is 436 g/mol. The molecule has 7 nitrogen and oxygen atoms in total. The third-order valence-corrected chi connectivity index (χ3v) is 5.39. The summed E-state index contributed by atoms with van der Waals surface area (Å²) in [5, 5.41) is 6.65. The Morgan fingerprint density at radius 3 is 2.65 bits per heavy atom. The number of hydrogen-bond donors (Lipinski definition) is 1. The van der Waals surface area contributed by atoms with Gasteiger partial charge in [0.25, 0.3) is 5.82 Å². The van der Waals surface area contributed by atoms with E-state index in [4.69, 9.17) is 9.47 Å². The first-order valence-electron chi connectivity index (χ1n) is 9.92. The van der Waals surface area contributed by atoms with Crippen LogP contribution in [0.3, 0.4) is 0 Å². The number of fused-ring (bicyclic) bond motifs is 1.